The molecule has 0 fully saturated rings. The zero-order chi connectivity index (χ0) is 18.0. The first-order valence-corrected chi connectivity index (χ1v) is 9.45. The molecule has 130 valence electrons. The molecule has 2 N–H and O–H groups in total. The molecule has 10 heteroatoms. The summed E-state index contributed by atoms with van der Waals surface area (Å²) in [6.45, 7) is 1.62. The van der Waals surface area contributed by atoms with E-state index in [4.69, 9.17) is 5.11 Å². The van der Waals surface area contributed by atoms with Crippen LogP contribution in [0.15, 0.2) is 47.1 Å². The lowest BCUT2D eigenvalue weighted by Gasteiger charge is -2.06. The Morgan fingerprint density at radius 3 is 2.76 bits per heavy atom. The van der Waals surface area contributed by atoms with Crippen molar-refractivity contribution in [2.45, 2.75) is 17.7 Å². The number of carboxylic acids is 1. The van der Waals surface area contributed by atoms with Crippen LogP contribution in [0.5, 0.6) is 0 Å². The number of sulfonamides is 1. The van der Waals surface area contributed by atoms with Crippen molar-refractivity contribution in [2.75, 3.05) is 0 Å². The number of carbonyl (C=O) groups is 1. The molecule has 3 heterocycles. The van der Waals surface area contributed by atoms with Gasteiger partial charge in [-0.2, -0.15) is 5.10 Å². The summed E-state index contributed by atoms with van der Waals surface area (Å²) in [7, 11) is -3.79. The Balaban J connectivity index is 1.72. The van der Waals surface area contributed by atoms with Gasteiger partial charge in [0.1, 0.15) is 9.09 Å². The van der Waals surface area contributed by atoms with Crippen molar-refractivity contribution in [3.05, 3.63) is 58.9 Å². The first-order chi connectivity index (χ1) is 11.9. The molecule has 0 aliphatic rings. The summed E-state index contributed by atoms with van der Waals surface area (Å²) < 4.78 is 28.7. The fourth-order valence-corrected chi connectivity index (χ4v) is 4.55. The Kier molecular flexibility index (Phi) is 4.66. The summed E-state index contributed by atoms with van der Waals surface area (Å²) in [5, 5.41) is 13.1. The molecule has 3 rings (SSSR count). The Morgan fingerprint density at radius 2 is 2.20 bits per heavy atom. The van der Waals surface area contributed by atoms with E-state index in [2.05, 4.69) is 14.8 Å². The van der Waals surface area contributed by atoms with E-state index in [1.807, 2.05) is 0 Å². The highest BCUT2D eigenvalue weighted by atomic mass is 32.2. The fourth-order valence-electron chi connectivity index (χ4n) is 2.11. The number of pyridine rings is 1. The average molecular weight is 378 g/mol. The van der Waals surface area contributed by atoms with Gasteiger partial charge in [0.2, 0.25) is 10.0 Å². The summed E-state index contributed by atoms with van der Waals surface area (Å²) in [5.41, 5.74) is 1.09. The molecule has 0 spiro atoms. The van der Waals surface area contributed by atoms with Gasteiger partial charge in [-0.1, -0.05) is 6.07 Å². The van der Waals surface area contributed by atoms with E-state index in [0.29, 0.717) is 16.9 Å². The van der Waals surface area contributed by atoms with Crippen LogP contribution in [0.3, 0.4) is 0 Å². The molecule has 0 bridgehead atoms. The Bertz CT molecular complexity index is 993. The van der Waals surface area contributed by atoms with Crippen LogP contribution in [-0.4, -0.2) is 34.3 Å². The maximum absolute atomic E-state index is 12.3. The highest BCUT2D eigenvalue weighted by Crippen LogP contribution is 2.26. The number of nitrogens with zero attached hydrogens (tertiary/aromatic N) is 3. The smallest absolute Gasteiger partial charge is 0.346 e. The van der Waals surface area contributed by atoms with Crippen molar-refractivity contribution < 1.29 is 18.3 Å². The number of carboxylic acid groups (broad SMARTS) is 1. The van der Waals surface area contributed by atoms with Gasteiger partial charge in [0, 0.05) is 25.1 Å². The SMILES string of the molecule is Cc1cc(S(=O)(=O)NCc2ccc(-n3cccn3)nc2)sc1C(=O)O. The quantitative estimate of drug-likeness (QED) is 0.676. The Labute approximate surface area is 147 Å². The molecule has 3 aromatic rings. The lowest BCUT2D eigenvalue weighted by molar-refractivity contribution is 0.0701. The number of aromatic carboxylic acids is 1. The lowest BCUT2D eigenvalue weighted by atomic mass is 10.3. The maximum Gasteiger partial charge on any atom is 0.346 e. The van der Waals surface area contributed by atoms with Gasteiger partial charge in [-0.3, -0.25) is 0 Å². The summed E-state index contributed by atoms with van der Waals surface area (Å²) in [6, 6.07) is 6.61. The standard InChI is InChI=1S/C15H14N4O4S2/c1-10-7-13(24-14(10)15(20)21)25(22,23)18-9-11-3-4-12(16-8-11)19-6-2-5-17-19/h2-8,18H,9H2,1H3,(H,20,21). The average Bonchev–Trinajstić information content (AvgIpc) is 3.23. The summed E-state index contributed by atoms with van der Waals surface area (Å²) in [6.07, 6.45) is 4.95. The van der Waals surface area contributed by atoms with E-state index < -0.39 is 16.0 Å². The highest BCUT2D eigenvalue weighted by molar-refractivity contribution is 7.91. The zero-order valence-corrected chi connectivity index (χ0v) is 14.7. The molecule has 0 saturated heterocycles. The molecule has 3 aromatic heterocycles. The van der Waals surface area contributed by atoms with Crippen molar-refractivity contribution in [2.24, 2.45) is 0 Å². The molecule has 0 saturated carbocycles. The van der Waals surface area contributed by atoms with Gasteiger partial charge in [0.25, 0.3) is 0 Å². The second-order valence-electron chi connectivity index (χ2n) is 5.18. The van der Waals surface area contributed by atoms with Crippen LogP contribution in [-0.2, 0) is 16.6 Å². The third-order valence-electron chi connectivity index (χ3n) is 3.37. The van der Waals surface area contributed by atoms with E-state index in [0.717, 1.165) is 11.3 Å². The maximum atomic E-state index is 12.3. The zero-order valence-electron chi connectivity index (χ0n) is 13.1. The molecule has 0 aromatic carbocycles. The predicted octanol–water partition coefficient (Wildman–Crippen LogP) is 1.81. The molecule has 0 aliphatic carbocycles. The topological polar surface area (TPSA) is 114 Å². The minimum absolute atomic E-state index is 0.0191. The van der Waals surface area contributed by atoms with Crippen molar-refractivity contribution in [1.29, 1.82) is 0 Å². The normalized spacial score (nSPS) is 11.6. The number of hydrogen-bond donors (Lipinski definition) is 2. The van der Waals surface area contributed by atoms with Gasteiger partial charge in [-0.05, 0) is 36.2 Å². The number of aromatic nitrogens is 3. The van der Waals surface area contributed by atoms with E-state index in [-0.39, 0.29) is 15.6 Å². The first kappa shape index (κ1) is 17.3. The van der Waals surface area contributed by atoms with Crippen LogP contribution in [0.4, 0.5) is 0 Å². The molecule has 0 radical (unpaired) electrons. The minimum Gasteiger partial charge on any atom is -0.477 e. The van der Waals surface area contributed by atoms with Gasteiger partial charge < -0.3 is 5.11 Å². The van der Waals surface area contributed by atoms with Crippen LogP contribution < -0.4 is 4.72 Å². The highest BCUT2D eigenvalue weighted by Gasteiger charge is 2.21. The van der Waals surface area contributed by atoms with Crippen LogP contribution in [0.25, 0.3) is 5.82 Å². The molecular formula is C15H14N4O4S2. The molecule has 0 atom stereocenters. The van der Waals surface area contributed by atoms with Crippen LogP contribution in [0.1, 0.15) is 20.8 Å². The molecule has 0 aliphatic heterocycles. The molecule has 25 heavy (non-hydrogen) atoms. The van der Waals surface area contributed by atoms with Crippen molar-refractivity contribution in [3.8, 4) is 5.82 Å². The van der Waals surface area contributed by atoms with E-state index in [1.54, 1.807) is 48.4 Å². The fraction of sp³-hybridized carbons (Fsp3) is 0.133. The largest absolute Gasteiger partial charge is 0.477 e. The number of nitrogens with one attached hydrogen (secondary N) is 1. The second kappa shape index (κ2) is 6.75. The number of hydrogen-bond acceptors (Lipinski definition) is 6. The van der Waals surface area contributed by atoms with Crippen molar-refractivity contribution in [3.63, 3.8) is 0 Å². The van der Waals surface area contributed by atoms with Crippen LogP contribution in [0.2, 0.25) is 0 Å². The Hall–Kier alpha value is -2.56. The first-order valence-electron chi connectivity index (χ1n) is 7.15. The van der Waals surface area contributed by atoms with E-state index in [1.165, 1.54) is 6.07 Å². The number of thiophene rings is 1. The van der Waals surface area contributed by atoms with Gasteiger partial charge in [-0.15, -0.1) is 11.3 Å². The van der Waals surface area contributed by atoms with Gasteiger partial charge in [-0.25, -0.2) is 27.6 Å². The summed E-state index contributed by atoms with van der Waals surface area (Å²) in [4.78, 5) is 15.3. The Morgan fingerprint density at radius 1 is 1.40 bits per heavy atom. The lowest BCUT2D eigenvalue weighted by Crippen LogP contribution is -2.22. The van der Waals surface area contributed by atoms with Crippen molar-refractivity contribution >= 4 is 27.3 Å². The molecule has 8 nitrogen and oxygen atoms in total. The summed E-state index contributed by atoms with van der Waals surface area (Å²) >= 11 is 0.733. The third-order valence-corrected chi connectivity index (χ3v) is 6.47. The molecule has 0 unspecified atom stereocenters. The third kappa shape index (κ3) is 3.76. The van der Waals surface area contributed by atoms with Crippen LogP contribution >= 0.6 is 11.3 Å². The van der Waals surface area contributed by atoms with Gasteiger partial charge in [0.15, 0.2) is 5.82 Å². The number of rotatable bonds is 6. The molecule has 0 amide bonds. The van der Waals surface area contributed by atoms with E-state index >= 15 is 0 Å². The van der Waals surface area contributed by atoms with Crippen molar-refractivity contribution in [1.82, 2.24) is 19.5 Å². The predicted molar refractivity (Wildman–Crippen MR) is 91.4 cm³/mol. The van der Waals surface area contributed by atoms with Gasteiger partial charge in [0.05, 0.1) is 0 Å². The summed E-state index contributed by atoms with van der Waals surface area (Å²) in [5.74, 6) is -0.515. The minimum atomic E-state index is -3.79. The monoisotopic (exact) mass is 378 g/mol. The number of aryl methyl sites for hydroxylation is 1. The second-order valence-corrected chi connectivity index (χ2v) is 8.23. The van der Waals surface area contributed by atoms with Gasteiger partial charge >= 0.3 is 5.97 Å². The van der Waals surface area contributed by atoms with E-state index in [9.17, 15) is 13.2 Å². The van der Waals surface area contributed by atoms with Crippen LogP contribution in [0, 0.1) is 6.92 Å². The molecular weight excluding hydrogens is 364 g/mol.